The van der Waals surface area contributed by atoms with Crippen molar-refractivity contribution in [3.63, 3.8) is 0 Å². The van der Waals surface area contributed by atoms with Crippen molar-refractivity contribution < 1.29 is 18.7 Å². The first-order valence-electron chi connectivity index (χ1n) is 13.4. The highest BCUT2D eigenvalue weighted by Gasteiger charge is 2.44. The van der Waals surface area contributed by atoms with Gasteiger partial charge in [-0.3, -0.25) is 4.79 Å². The van der Waals surface area contributed by atoms with Gasteiger partial charge in [-0.25, -0.2) is 9.37 Å². The van der Waals surface area contributed by atoms with Gasteiger partial charge in [0.05, 0.1) is 18.8 Å². The quantitative estimate of drug-likeness (QED) is 0.407. The number of hydrogen-bond acceptors (Lipinski definition) is 7. The fourth-order valence-corrected chi connectivity index (χ4v) is 5.31. The number of nitrogens with one attached hydrogen (secondary N) is 1. The number of anilines is 3. The van der Waals surface area contributed by atoms with Gasteiger partial charge in [-0.05, 0) is 53.8 Å². The number of ether oxygens (including phenoxy) is 2. The SMILES string of the molecule is COCCOc1ccc(Nc2ncc(F)c(N3CCC4CN(C(=O)c5ccc(C(C)(C)C)cc5)CC43)n2)cc1. The Hall–Kier alpha value is -3.72. The van der Waals surface area contributed by atoms with Crippen LogP contribution in [0, 0.1) is 11.7 Å². The van der Waals surface area contributed by atoms with Crippen molar-refractivity contribution >= 4 is 23.4 Å². The third-order valence-corrected chi connectivity index (χ3v) is 7.50. The van der Waals surface area contributed by atoms with E-state index in [1.54, 1.807) is 7.11 Å². The van der Waals surface area contributed by atoms with Crippen LogP contribution in [0.5, 0.6) is 5.75 Å². The molecule has 5 rings (SSSR count). The number of likely N-dealkylation sites (tertiary alicyclic amines) is 1. The lowest BCUT2D eigenvalue weighted by Crippen LogP contribution is -2.38. The average molecular weight is 534 g/mol. The Morgan fingerprint density at radius 2 is 1.82 bits per heavy atom. The maximum absolute atomic E-state index is 15.0. The predicted molar refractivity (Wildman–Crippen MR) is 149 cm³/mol. The number of hydrogen-bond donors (Lipinski definition) is 1. The van der Waals surface area contributed by atoms with Crippen molar-refractivity contribution in [2.75, 3.05) is 50.2 Å². The molecule has 9 heteroatoms. The summed E-state index contributed by atoms with van der Waals surface area (Å²) in [5, 5.41) is 3.15. The van der Waals surface area contributed by atoms with Crippen LogP contribution in [0.15, 0.2) is 54.7 Å². The number of benzene rings is 2. The Labute approximate surface area is 229 Å². The van der Waals surface area contributed by atoms with Gasteiger partial charge < -0.3 is 24.6 Å². The maximum atomic E-state index is 15.0. The molecular weight excluding hydrogens is 497 g/mol. The largest absolute Gasteiger partial charge is 0.491 e. The molecule has 2 atom stereocenters. The van der Waals surface area contributed by atoms with Crippen LogP contribution in [0.25, 0.3) is 0 Å². The van der Waals surface area contributed by atoms with Crippen molar-refractivity contribution in [2.24, 2.45) is 5.92 Å². The van der Waals surface area contributed by atoms with Gasteiger partial charge in [0.1, 0.15) is 12.4 Å². The Morgan fingerprint density at radius 1 is 1.08 bits per heavy atom. The molecule has 0 aliphatic carbocycles. The topological polar surface area (TPSA) is 79.8 Å². The van der Waals surface area contributed by atoms with Crippen LogP contribution in [-0.4, -0.2) is 66.8 Å². The Bertz CT molecular complexity index is 1290. The molecule has 3 heterocycles. The smallest absolute Gasteiger partial charge is 0.253 e. The van der Waals surface area contributed by atoms with E-state index >= 15 is 0 Å². The molecule has 2 aliphatic rings. The zero-order valence-corrected chi connectivity index (χ0v) is 23.0. The van der Waals surface area contributed by atoms with E-state index in [0.29, 0.717) is 44.4 Å². The minimum absolute atomic E-state index is 0.0172. The molecule has 2 fully saturated rings. The molecule has 39 heavy (non-hydrogen) atoms. The second kappa shape index (κ2) is 11.2. The molecule has 2 aromatic carbocycles. The molecule has 1 aromatic heterocycles. The van der Waals surface area contributed by atoms with Crippen LogP contribution in [0.1, 0.15) is 43.1 Å². The number of rotatable bonds is 8. The third kappa shape index (κ3) is 5.98. The van der Waals surface area contributed by atoms with E-state index in [1.807, 2.05) is 58.3 Å². The fourth-order valence-electron chi connectivity index (χ4n) is 5.31. The summed E-state index contributed by atoms with van der Waals surface area (Å²) in [7, 11) is 1.63. The normalized spacial score (nSPS) is 18.8. The summed E-state index contributed by atoms with van der Waals surface area (Å²) in [6, 6.07) is 15.3. The zero-order chi connectivity index (χ0) is 27.6. The van der Waals surface area contributed by atoms with Crippen LogP contribution >= 0.6 is 0 Å². The average Bonchev–Trinajstić information content (AvgIpc) is 3.51. The third-order valence-electron chi connectivity index (χ3n) is 7.50. The molecule has 0 saturated carbocycles. The summed E-state index contributed by atoms with van der Waals surface area (Å²) < 4.78 is 25.6. The van der Waals surface area contributed by atoms with Gasteiger partial charge in [0.25, 0.3) is 5.91 Å². The number of fused-ring (bicyclic) bond motifs is 1. The highest BCUT2D eigenvalue weighted by molar-refractivity contribution is 5.94. The van der Waals surface area contributed by atoms with Crippen molar-refractivity contribution in [1.82, 2.24) is 14.9 Å². The van der Waals surface area contributed by atoms with E-state index in [4.69, 9.17) is 9.47 Å². The fraction of sp³-hybridized carbons (Fsp3) is 0.433. The van der Waals surface area contributed by atoms with Gasteiger partial charge >= 0.3 is 0 Å². The molecule has 2 aliphatic heterocycles. The van der Waals surface area contributed by atoms with Gasteiger partial charge in [0.15, 0.2) is 11.6 Å². The molecule has 0 spiro atoms. The molecule has 8 nitrogen and oxygen atoms in total. The van der Waals surface area contributed by atoms with E-state index in [1.165, 1.54) is 11.8 Å². The standard InChI is InChI=1S/C30H36FN5O3/c1-30(2,3)22-7-5-20(6-8-22)28(37)35-18-21-13-14-36(26(21)19-35)27-25(31)17-32-29(34-27)33-23-9-11-24(12-10-23)39-16-15-38-4/h5-12,17,21,26H,13-16,18-19H2,1-4H3,(H,32,33,34). The van der Waals surface area contributed by atoms with Gasteiger partial charge in [-0.1, -0.05) is 32.9 Å². The molecule has 1 N–H and O–H groups in total. The van der Waals surface area contributed by atoms with Gasteiger partial charge in [-0.2, -0.15) is 4.98 Å². The first kappa shape index (κ1) is 26.9. The molecule has 0 radical (unpaired) electrons. The molecule has 206 valence electrons. The number of halogens is 1. The second-order valence-corrected chi connectivity index (χ2v) is 11.2. The summed E-state index contributed by atoms with van der Waals surface area (Å²) >= 11 is 0. The van der Waals surface area contributed by atoms with Crippen molar-refractivity contribution in [3.05, 3.63) is 71.7 Å². The first-order chi connectivity index (χ1) is 18.7. The van der Waals surface area contributed by atoms with E-state index in [9.17, 15) is 9.18 Å². The minimum atomic E-state index is -0.467. The minimum Gasteiger partial charge on any atom is -0.491 e. The first-order valence-corrected chi connectivity index (χ1v) is 13.4. The lowest BCUT2D eigenvalue weighted by atomic mass is 9.86. The number of carbonyl (C=O) groups is 1. The summed E-state index contributed by atoms with van der Waals surface area (Å²) in [5.74, 6) is 1.14. The van der Waals surface area contributed by atoms with E-state index < -0.39 is 5.82 Å². The summed E-state index contributed by atoms with van der Waals surface area (Å²) in [6.45, 7) is 9.35. The van der Waals surface area contributed by atoms with Gasteiger partial charge in [0, 0.05) is 43.9 Å². The molecule has 0 bridgehead atoms. The molecular formula is C30H36FN5O3. The highest BCUT2D eigenvalue weighted by Crippen LogP contribution is 2.36. The van der Waals surface area contributed by atoms with Crippen molar-refractivity contribution in [1.29, 1.82) is 0 Å². The van der Waals surface area contributed by atoms with E-state index in [0.717, 1.165) is 17.9 Å². The number of amides is 1. The maximum Gasteiger partial charge on any atom is 0.253 e. The Morgan fingerprint density at radius 3 is 2.51 bits per heavy atom. The lowest BCUT2D eigenvalue weighted by Gasteiger charge is -2.26. The molecule has 3 aromatic rings. The Balaban J connectivity index is 1.25. The molecule has 2 unspecified atom stereocenters. The van der Waals surface area contributed by atoms with Crippen LogP contribution in [0.4, 0.5) is 21.8 Å². The van der Waals surface area contributed by atoms with Crippen molar-refractivity contribution in [2.45, 2.75) is 38.6 Å². The molecule has 1 amide bonds. The number of aromatic nitrogens is 2. The predicted octanol–water partition coefficient (Wildman–Crippen LogP) is 5.03. The van der Waals surface area contributed by atoms with Crippen LogP contribution in [0.3, 0.4) is 0 Å². The summed E-state index contributed by atoms with van der Waals surface area (Å²) in [6.07, 6.45) is 2.09. The molecule has 2 saturated heterocycles. The highest BCUT2D eigenvalue weighted by atomic mass is 19.1. The number of carbonyl (C=O) groups excluding carboxylic acids is 1. The zero-order valence-electron chi connectivity index (χ0n) is 23.0. The van der Waals surface area contributed by atoms with Crippen LogP contribution in [-0.2, 0) is 10.2 Å². The van der Waals surface area contributed by atoms with Crippen LogP contribution < -0.4 is 15.0 Å². The Kier molecular flexibility index (Phi) is 7.70. The summed E-state index contributed by atoms with van der Waals surface area (Å²) in [5.41, 5.74) is 2.67. The van der Waals surface area contributed by atoms with Gasteiger partial charge in [-0.15, -0.1) is 0 Å². The van der Waals surface area contributed by atoms with Gasteiger partial charge in [0.2, 0.25) is 5.95 Å². The van der Waals surface area contributed by atoms with E-state index in [-0.39, 0.29) is 29.1 Å². The summed E-state index contributed by atoms with van der Waals surface area (Å²) in [4.78, 5) is 25.8. The van der Waals surface area contributed by atoms with E-state index in [2.05, 4.69) is 36.1 Å². The number of nitrogens with zero attached hydrogens (tertiary/aromatic N) is 4. The monoisotopic (exact) mass is 533 g/mol. The number of methoxy groups -OCH3 is 1. The van der Waals surface area contributed by atoms with Crippen LogP contribution in [0.2, 0.25) is 0 Å². The lowest BCUT2D eigenvalue weighted by molar-refractivity contribution is 0.0784. The second-order valence-electron chi connectivity index (χ2n) is 11.2. The van der Waals surface area contributed by atoms with Crippen molar-refractivity contribution in [3.8, 4) is 5.75 Å².